The van der Waals surface area contributed by atoms with Crippen LogP contribution >= 0.6 is 11.3 Å². The predicted octanol–water partition coefficient (Wildman–Crippen LogP) is 4.59. The van der Waals surface area contributed by atoms with Crippen LogP contribution in [-0.4, -0.2) is 22.8 Å². The number of anilines is 2. The second kappa shape index (κ2) is 9.30. The number of thiophene rings is 1. The smallest absolute Gasteiger partial charge is 0.269 e. The number of halogens is 2. The molecule has 0 aliphatic heterocycles. The monoisotopic (exact) mass is 447 g/mol. The molecule has 3 aromatic rings. The van der Waals surface area contributed by atoms with E-state index in [2.05, 4.69) is 10.6 Å². The van der Waals surface area contributed by atoms with E-state index >= 15 is 0 Å². The molecule has 3 rings (SSSR count). The van der Waals surface area contributed by atoms with Crippen molar-refractivity contribution < 1.29 is 28.0 Å². The van der Waals surface area contributed by atoms with Crippen LogP contribution in [-0.2, 0) is 4.79 Å². The molecule has 1 unspecified atom stereocenters. The minimum Gasteiger partial charge on any atom is -0.478 e. The molecule has 8 nitrogen and oxygen atoms in total. The normalized spacial score (nSPS) is 11.5. The Morgan fingerprint density at radius 3 is 2.45 bits per heavy atom. The first kappa shape index (κ1) is 21.8. The summed E-state index contributed by atoms with van der Waals surface area (Å²) in [5, 5.41) is 17.7. The molecule has 31 heavy (non-hydrogen) atoms. The lowest BCUT2D eigenvalue weighted by molar-refractivity contribution is -0.384. The molecule has 0 fully saturated rings. The molecule has 2 N–H and O–H groups in total. The van der Waals surface area contributed by atoms with E-state index in [-0.39, 0.29) is 22.0 Å². The number of carbonyl (C=O) groups is 2. The number of non-ortho nitro benzene ring substituents is 1. The largest absolute Gasteiger partial charge is 0.478 e. The van der Waals surface area contributed by atoms with E-state index in [4.69, 9.17) is 4.74 Å². The number of nitrogens with zero attached hydrogens (tertiary/aromatic N) is 1. The van der Waals surface area contributed by atoms with E-state index < -0.39 is 34.5 Å². The summed E-state index contributed by atoms with van der Waals surface area (Å²) in [5.41, 5.74) is 0.382. The van der Waals surface area contributed by atoms with Crippen molar-refractivity contribution in [3.63, 3.8) is 0 Å². The van der Waals surface area contributed by atoms with Crippen LogP contribution in [0.1, 0.15) is 17.3 Å². The zero-order chi connectivity index (χ0) is 22.5. The van der Waals surface area contributed by atoms with Gasteiger partial charge in [-0.1, -0.05) is 0 Å². The second-order valence-corrected chi connectivity index (χ2v) is 7.16. The molecule has 0 saturated carbocycles. The zero-order valence-electron chi connectivity index (χ0n) is 15.9. The molecule has 0 aliphatic carbocycles. The standard InChI is InChI=1S/C20H15F2N3O5S/c1-11(30-17-7-2-12(21)10-16(17)22)18(26)24-20-15(8-9-31-20)19(27)23-13-3-5-14(6-4-13)25(28)29/h2-11H,1H3,(H,23,27)(H,24,26). The lowest BCUT2D eigenvalue weighted by Crippen LogP contribution is -2.30. The van der Waals surface area contributed by atoms with Crippen molar-refractivity contribution in [2.75, 3.05) is 10.6 Å². The van der Waals surface area contributed by atoms with Crippen LogP contribution < -0.4 is 15.4 Å². The molecule has 1 atom stereocenters. The van der Waals surface area contributed by atoms with Crippen LogP contribution in [0.2, 0.25) is 0 Å². The molecule has 0 saturated heterocycles. The van der Waals surface area contributed by atoms with Gasteiger partial charge in [0.2, 0.25) is 0 Å². The summed E-state index contributed by atoms with van der Waals surface area (Å²) in [6.45, 7) is 1.38. The highest BCUT2D eigenvalue weighted by Crippen LogP contribution is 2.26. The van der Waals surface area contributed by atoms with Crippen LogP contribution in [0.4, 0.5) is 25.2 Å². The number of rotatable bonds is 7. The van der Waals surface area contributed by atoms with Crippen LogP contribution in [0.5, 0.6) is 5.75 Å². The average molecular weight is 447 g/mol. The molecule has 160 valence electrons. The van der Waals surface area contributed by atoms with Gasteiger partial charge in [-0.3, -0.25) is 19.7 Å². The number of benzene rings is 2. The number of nitrogens with one attached hydrogen (secondary N) is 2. The highest BCUT2D eigenvalue weighted by atomic mass is 32.1. The Morgan fingerprint density at radius 2 is 1.81 bits per heavy atom. The van der Waals surface area contributed by atoms with Gasteiger partial charge in [0, 0.05) is 23.9 Å². The minimum absolute atomic E-state index is 0.118. The number of nitro benzene ring substituents is 1. The van der Waals surface area contributed by atoms with Crippen molar-refractivity contribution in [1.29, 1.82) is 0 Å². The molecule has 0 aliphatic rings. The topological polar surface area (TPSA) is 111 Å². The first-order valence-corrected chi connectivity index (χ1v) is 9.68. The van der Waals surface area contributed by atoms with Gasteiger partial charge in [0.05, 0.1) is 10.5 Å². The molecular formula is C20H15F2N3O5S. The number of ether oxygens (including phenoxy) is 1. The number of amides is 2. The maximum absolute atomic E-state index is 13.7. The maximum atomic E-state index is 13.7. The Hall–Kier alpha value is -3.86. The molecule has 0 radical (unpaired) electrons. The van der Waals surface area contributed by atoms with Gasteiger partial charge in [0.25, 0.3) is 17.5 Å². The Morgan fingerprint density at radius 1 is 1.10 bits per heavy atom. The van der Waals surface area contributed by atoms with E-state index in [1.807, 2.05) is 0 Å². The summed E-state index contributed by atoms with van der Waals surface area (Å²) in [5.74, 6) is -3.19. The molecule has 0 spiro atoms. The van der Waals surface area contributed by atoms with Gasteiger partial charge in [0.1, 0.15) is 10.8 Å². The van der Waals surface area contributed by atoms with Gasteiger partial charge in [0.15, 0.2) is 17.7 Å². The summed E-state index contributed by atoms with van der Waals surface area (Å²) in [6, 6.07) is 9.47. The molecule has 2 aromatic carbocycles. The summed E-state index contributed by atoms with van der Waals surface area (Å²) < 4.78 is 31.9. The Balaban J connectivity index is 1.65. The molecule has 1 aromatic heterocycles. The van der Waals surface area contributed by atoms with Crippen molar-refractivity contribution in [1.82, 2.24) is 0 Å². The lowest BCUT2D eigenvalue weighted by Gasteiger charge is -2.15. The summed E-state index contributed by atoms with van der Waals surface area (Å²) in [4.78, 5) is 35.1. The van der Waals surface area contributed by atoms with Crippen LogP contribution in [0.15, 0.2) is 53.9 Å². The zero-order valence-corrected chi connectivity index (χ0v) is 16.7. The van der Waals surface area contributed by atoms with Crippen molar-refractivity contribution in [3.05, 3.63) is 81.2 Å². The van der Waals surface area contributed by atoms with Crippen molar-refractivity contribution in [2.24, 2.45) is 0 Å². The first-order valence-electron chi connectivity index (χ1n) is 8.80. The van der Waals surface area contributed by atoms with Crippen LogP contribution in [0, 0.1) is 21.7 Å². The Bertz CT molecular complexity index is 1130. The molecule has 2 amide bonds. The highest BCUT2D eigenvalue weighted by molar-refractivity contribution is 7.14. The number of hydrogen-bond donors (Lipinski definition) is 2. The SMILES string of the molecule is CC(Oc1ccc(F)cc1F)C(=O)Nc1sccc1C(=O)Nc1ccc([N+](=O)[O-])cc1. The fourth-order valence-corrected chi connectivity index (χ4v) is 3.27. The van der Waals surface area contributed by atoms with Crippen molar-refractivity contribution in [2.45, 2.75) is 13.0 Å². The third-order valence-corrected chi connectivity index (χ3v) is 4.88. The van der Waals surface area contributed by atoms with Gasteiger partial charge in [-0.25, -0.2) is 8.78 Å². The van der Waals surface area contributed by atoms with Gasteiger partial charge in [-0.2, -0.15) is 0 Å². The molecular weight excluding hydrogens is 432 g/mol. The Labute approximate surface area is 178 Å². The van der Waals surface area contributed by atoms with E-state index in [1.54, 1.807) is 5.38 Å². The number of nitro groups is 1. The fraction of sp³-hybridized carbons (Fsp3) is 0.100. The molecule has 1 heterocycles. The van der Waals surface area contributed by atoms with Crippen LogP contribution in [0.3, 0.4) is 0 Å². The second-order valence-electron chi connectivity index (χ2n) is 6.25. The van der Waals surface area contributed by atoms with E-state index in [1.165, 1.54) is 37.3 Å². The van der Waals surface area contributed by atoms with E-state index in [0.717, 1.165) is 23.5 Å². The highest BCUT2D eigenvalue weighted by Gasteiger charge is 2.21. The average Bonchev–Trinajstić information content (AvgIpc) is 3.18. The maximum Gasteiger partial charge on any atom is 0.269 e. The lowest BCUT2D eigenvalue weighted by atomic mass is 10.2. The molecule has 0 bridgehead atoms. The van der Waals surface area contributed by atoms with Gasteiger partial charge in [-0.15, -0.1) is 11.3 Å². The third-order valence-electron chi connectivity index (χ3n) is 4.05. The van der Waals surface area contributed by atoms with Gasteiger partial charge in [-0.05, 0) is 42.6 Å². The third kappa shape index (κ3) is 5.39. The van der Waals surface area contributed by atoms with Crippen LogP contribution in [0.25, 0.3) is 0 Å². The number of carbonyl (C=O) groups excluding carboxylic acids is 2. The van der Waals surface area contributed by atoms with Gasteiger partial charge >= 0.3 is 0 Å². The number of hydrogen-bond acceptors (Lipinski definition) is 6. The quantitative estimate of drug-likeness (QED) is 0.406. The fourth-order valence-electron chi connectivity index (χ4n) is 2.48. The minimum atomic E-state index is -1.13. The predicted molar refractivity (Wildman–Crippen MR) is 110 cm³/mol. The van der Waals surface area contributed by atoms with Gasteiger partial charge < -0.3 is 15.4 Å². The Kier molecular flexibility index (Phi) is 6.55. The van der Waals surface area contributed by atoms with Crippen molar-refractivity contribution in [3.8, 4) is 5.75 Å². The van der Waals surface area contributed by atoms with E-state index in [0.29, 0.717) is 11.8 Å². The summed E-state index contributed by atoms with van der Waals surface area (Å²) >= 11 is 1.09. The van der Waals surface area contributed by atoms with E-state index in [9.17, 15) is 28.5 Å². The van der Waals surface area contributed by atoms with Crippen molar-refractivity contribution >= 4 is 39.5 Å². The molecule has 11 heteroatoms. The summed E-state index contributed by atoms with van der Waals surface area (Å²) in [6.07, 6.45) is -1.13. The summed E-state index contributed by atoms with van der Waals surface area (Å²) in [7, 11) is 0. The first-order chi connectivity index (χ1) is 14.7.